The smallest absolute Gasteiger partial charge is 0.0992 e. The fourth-order valence-electron chi connectivity index (χ4n) is 2.36. The van der Waals surface area contributed by atoms with Gasteiger partial charge in [0.05, 0.1) is 11.1 Å². The van der Waals surface area contributed by atoms with Crippen LogP contribution in [0.25, 0.3) is 0 Å². The van der Waals surface area contributed by atoms with E-state index in [1.807, 2.05) is 18.0 Å². The number of hydrogen-bond donors (Lipinski definition) is 1. The Kier molecular flexibility index (Phi) is 5.87. The minimum Gasteiger partial charge on any atom is -0.377 e. The molecule has 4 heteroatoms. The molecule has 2 heterocycles. The van der Waals surface area contributed by atoms with Gasteiger partial charge in [-0.3, -0.25) is 0 Å². The quantitative estimate of drug-likeness (QED) is 0.872. The lowest BCUT2D eigenvalue weighted by molar-refractivity contribution is 0.127. The summed E-state index contributed by atoms with van der Waals surface area (Å²) in [6.07, 6.45) is 3.47. The van der Waals surface area contributed by atoms with Gasteiger partial charge in [-0.1, -0.05) is 31.7 Å². The van der Waals surface area contributed by atoms with E-state index in [-0.39, 0.29) is 0 Å². The summed E-state index contributed by atoms with van der Waals surface area (Å²) >= 11 is 1.87. The molecule has 0 aliphatic carbocycles. The first-order valence-electron chi connectivity index (χ1n) is 7.50. The average Bonchev–Trinajstić information content (AvgIpc) is 2.78. The summed E-state index contributed by atoms with van der Waals surface area (Å²) in [5.74, 6) is 0.683. The molecule has 112 valence electrons. The molecule has 1 aliphatic heterocycles. The van der Waals surface area contributed by atoms with E-state index in [0.29, 0.717) is 17.3 Å². The minimum atomic E-state index is 0.341. The Morgan fingerprint density at radius 2 is 2.30 bits per heavy atom. The van der Waals surface area contributed by atoms with Crippen LogP contribution < -0.4 is 5.32 Å². The first-order chi connectivity index (χ1) is 9.56. The minimum absolute atomic E-state index is 0.341. The van der Waals surface area contributed by atoms with Gasteiger partial charge in [0.25, 0.3) is 0 Å². The molecule has 2 rings (SSSR count). The van der Waals surface area contributed by atoms with Gasteiger partial charge in [0.15, 0.2) is 0 Å². The fraction of sp³-hybridized carbons (Fsp3) is 0.688. The molecule has 1 fully saturated rings. The molecular formula is C16H26N2OS. The predicted octanol–water partition coefficient (Wildman–Crippen LogP) is 3.41. The summed E-state index contributed by atoms with van der Waals surface area (Å²) in [4.78, 5) is 4.64. The molecule has 0 bridgehead atoms. The van der Waals surface area contributed by atoms with E-state index in [0.717, 1.165) is 31.1 Å². The van der Waals surface area contributed by atoms with Crippen LogP contribution in [0.5, 0.6) is 0 Å². The summed E-state index contributed by atoms with van der Waals surface area (Å²) in [5.41, 5.74) is 2.54. The molecule has 1 N–H and O–H groups in total. The number of thioether (sulfide) groups is 1. The van der Waals surface area contributed by atoms with E-state index < -0.39 is 0 Å². The highest BCUT2D eigenvalue weighted by molar-refractivity contribution is 8.00. The molecule has 1 aromatic heterocycles. The van der Waals surface area contributed by atoms with Crippen LogP contribution >= 0.6 is 11.8 Å². The maximum Gasteiger partial charge on any atom is 0.0992 e. The second kappa shape index (κ2) is 7.43. The van der Waals surface area contributed by atoms with Gasteiger partial charge in [0.2, 0.25) is 0 Å². The zero-order valence-corrected chi connectivity index (χ0v) is 13.8. The van der Waals surface area contributed by atoms with E-state index in [4.69, 9.17) is 4.74 Å². The summed E-state index contributed by atoms with van der Waals surface area (Å²) in [6, 6.07) is 2.25. The number of nitrogens with zero attached hydrogens (tertiary/aromatic N) is 1. The van der Waals surface area contributed by atoms with Gasteiger partial charge in [-0.2, -0.15) is 0 Å². The summed E-state index contributed by atoms with van der Waals surface area (Å²) in [7, 11) is 0. The number of aromatic nitrogens is 1. The highest BCUT2D eigenvalue weighted by Gasteiger charge is 2.26. The number of rotatable bonds is 6. The Balaban J connectivity index is 1.91. The van der Waals surface area contributed by atoms with Crippen LogP contribution in [0.4, 0.5) is 0 Å². The highest BCUT2D eigenvalue weighted by Crippen LogP contribution is 2.33. The van der Waals surface area contributed by atoms with Gasteiger partial charge in [-0.15, -0.1) is 0 Å². The van der Waals surface area contributed by atoms with Crippen LogP contribution in [0.1, 0.15) is 38.3 Å². The summed E-state index contributed by atoms with van der Waals surface area (Å²) < 4.78 is 5.62. The third-order valence-electron chi connectivity index (χ3n) is 3.54. The topological polar surface area (TPSA) is 34.2 Å². The van der Waals surface area contributed by atoms with E-state index in [2.05, 4.69) is 44.1 Å². The molecule has 0 saturated carbocycles. The van der Waals surface area contributed by atoms with Crippen molar-refractivity contribution in [3.8, 4) is 0 Å². The van der Waals surface area contributed by atoms with Crippen molar-refractivity contribution in [3.05, 3.63) is 23.4 Å². The molecular weight excluding hydrogens is 268 g/mol. The van der Waals surface area contributed by atoms with Crippen LogP contribution in [-0.2, 0) is 11.3 Å². The van der Waals surface area contributed by atoms with Crippen LogP contribution in [0.3, 0.4) is 0 Å². The van der Waals surface area contributed by atoms with Gasteiger partial charge in [0, 0.05) is 24.6 Å². The first-order valence-corrected chi connectivity index (χ1v) is 8.38. The van der Waals surface area contributed by atoms with E-state index >= 15 is 0 Å². The molecule has 0 aromatic carbocycles. The standard InChI is InChI=1S/C16H26N2OS/c1-11(2)8-17-9-14-7-12(3)16(18-10-14)20-15-5-6-19-13(15)4/h7,10-11,13,15,17H,5-6,8-9H2,1-4H3. The van der Waals surface area contributed by atoms with Crippen molar-refractivity contribution in [1.29, 1.82) is 0 Å². The zero-order chi connectivity index (χ0) is 14.5. The third-order valence-corrected chi connectivity index (χ3v) is 5.11. The second-order valence-corrected chi connectivity index (χ2v) is 7.24. The van der Waals surface area contributed by atoms with Gasteiger partial charge in [-0.05, 0) is 43.9 Å². The number of pyridine rings is 1. The number of hydrogen-bond acceptors (Lipinski definition) is 4. The van der Waals surface area contributed by atoms with Crippen molar-refractivity contribution >= 4 is 11.8 Å². The van der Waals surface area contributed by atoms with Crippen LogP contribution in [-0.4, -0.2) is 29.5 Å². The van der Waals surface area contributed by atoms with Crippen molar-refractivity contribution in [2.45, 2.75) is 57.0 Å². The Labute approximate surface area is 126 Å². The Morgan fingerprint density at radius 1 is 1.50 bits per heavy atom. The van der Waals surface area contributed by atoms with Crippen molar-refractivity contribution in [2.75, 3.05) is 13.2 Å². The average molecular weight is 294 g/mol. The van der Waals surface area contributed by atoms with Gasteiger partial charge in [-0.25, -0.2) is 4.98 Å². The zero-order valence-electron chi connectivity index (χ0n) is 13.0. The fourth-order valence-corrected chi connectivity index (χ4v) is 3.49. The van der Waals surface area contributed by atoms with Crippen molar-refractivity contribution in [1.82, 2.24) is 10.3 Å². The van der Waals surface area contributed by atoms with E-state index in [1.165, 1.54) is 11.1 Å². The van der Waals surface area contributed by atoms with Gasteiger partial charge >= 0.3 is 0 Å². The lowest BCUT2D eigenvalue weighted by Gasteiger charge is -2.15. The lowest BCUT2D eigenvalue weighted by atomic mass is 10.2. The van der Waals surface area contributed by atoms with Crippen LogP contribution in [0.15, 0.2) is 17.3 Å². The maximum atomic E-state index is 5.62. The molecule has 3 nitrogen and oxygen atoms in total. The summed E-state index contributed by atoms with van der Waals surface area (Å²) in [5, 5.41) is 5.16. The molecule has 20 heavy (non-hydrogen) atoms. The van der Waals surface area contributed by atoms with Gasteiger partial charge in [0.1, 0.15) is 0 Å². The molecule has 1 aliphatic rings. The van der Waals surface area contributed by atoms with Crippen molar-refractivity contribution in [2.24, 2.45) is 5.92 Å². The Morgan fingerprint density at radius 3 is 2.90 bits per heavy atom. The van der Waals surface area contributed by atoms with Crippen molar-refractivity contribution < 1.29 is 4.74 Å². The lowest BCUT2D eigenvalue weighted by Crippen LogP contribution is -2.19. The molecule has 0 amide bonds. The SMILES string of the molecule is Cc1cc(CNCC(C)C)cnc1SC1CCOC1C. The summed E-state index contributed by atoms with van der Waals surface area (Å²) in [6.45, 7) is 11.6. The molecule has 1 saturated heterocycles. The predicted molar refractivity (Wildman–Crippen MR) is 85.2 cm³/mol. The van der Waals surface area contributed by atoms with Crippen molar-refractivity contribution in [3.63, 3.8) is 0 Å². The van der Waals surface area contributed by atoms with Gasteiger partial charge < -0.3 is 10.1 Å². The van der Waals surface area contributed by atoms with Crippen LogP contribution in [0.2, 0.25) is 0 Å². The van der Waals surface area contributed by atoms with E-state index in [1.54, 1.807) is 0 Å². The largest absolute Gasteiger partial charge is 0.377 e. The van der Waals surface area contributed by atoms with Crippen LogP contribution in [0, 0.1) is 12.8 Å². The molecule has 0 radical (unpaired) electrons. The molecule has 2 unspecified atom stereocenters. The number of ether oxygens (including phenoxy) is 1. The first kappa shape index (κ1) is 15.8. The number of aryl methyl sites for hydroxylation is 1. The molecule has 0 spiro atoms. The molecule has 1 aromatic rings. The normalized spacial score (nSPS) is 22.6. The second-order valence-electron chi connectivity index (χ2n) is 6.01. The monoisotopic (exact) mass is 294 g/mol. The maximum absolute atomic E-state index is 5.62. The third kappa shape index (κ3) is 4.47. The van der Waals surface area contributed by atoms with E-state index in [9.17, 15) is 0 Å². The number of nitrogens with one attached hydrogen (secondary N) is 1. The highest BCUT2D eigenvalue weighted by atomic mass is 32.2. The Bertz CT molecular complexity index is 436. The molecule has 2 atom stereocenters. The Hall–Kier alpha value is -0.580.